The number of amides is 2. The Bertz CT molecular complexity index is 986. The fourth-order valence-electron chi connectivity index (χ4n) is 2.71. The van der Waals surface area contributed by atoms with Crippen molar-refractivity contribution in [2.24, 2.45) is 0 Å². The number of ether oxygens (including phenoxy) is 2. The van der Waals surface area contributed by atoms with Crippen LogP contribution in [0.25, 0.3) is 10.8 Å². The van der Waals surface area contributed by atoms with E-state index in [0.717, 1.165) is 17.2 Å². The molecule has 2 amide bonds. The van der Waals surface area contributed by atoms with E-state index >= 15 is 0 Å². The number of fused-ring (bicyclic) bond motifs is 1. The zero-order valence-electron chi connectivity index (χ0n) is 16.5. The van der Waals surface area contributed by atoms with Crippen LogP contribution in [0.4, 0.5) is 0 Å². The lowest BCUT2D eigenvalue weighted by Crippen LogP contribution is -2.47. The molecular formula is C23H24N2O4. The number of benzene rings is 3. The number of hydrogen-bond donors (Lipinski definition) is 2. The Hall–Kier alpha value is -3.54. The van der Waals surface area contributed by atoms with E-state index in [-0.39, 0.29) is 0 Å². The summed E-state index contributed by atoms with van der Waals surface area (Å²) in [5.74, 6) is 0.415. The molecule has 29 heavy (non-hydrogen) atoms. The summed E-state index contributed by atoms with van der Waals surface area (Å²) in [7, 11) is 0. The Morgan fingerprint density at radius 2 is 1.59 bits per heavy atom. The van der Waals surface area contributed by atoms with E-state index in [2.05, 4.69) is 10.9 Å². The number of carbonyl (C=O) groups is 2. The van der Waals surface area contributed by atoms with Gasteiger partial charge in [-0.1, -0.05) is 37.3 Å². The molecule has 0 heterocycles. The van der Waals surface area contributed by atoms with Gasteiger partial charge in [0, 0.05) is 5.56 Å². The minimum Gasteiger partial charge on any atom is -0.494 e. The van der Waals surface area contributed by atoms with Crippen molar-refractivity contribution >= 4 is 22.6 Å². The highest BCUT2D eigenvalue weighted by Crippen LogP contribution is 2.21. The van der Waals surface area contributed by atoms with Crippen molar-refractivity contribution in [2.75, 3.05) is 6.61 Å². The average Bonchev–Trinajstić information content (AvgIpc) is 2.76. The summed E-state index contributed by atoms with van der Waals surface area (Å²) in [5, 5.41) is 2.12. The van der Waals surface area contributed by atoms with Gasteiger partial charge in [-0.25, -0.2) is 0 Å². The van der Waals surface area contributed by atoms with E-state index in [1.165, 1.54) is 0 Å². The van der Waals surface area contributed by atoms with Gasteiger partial charge in [-0.2, -0.15) is 0 Å². The summed E-state index contributed by atoms with van der Waals surface area (Å²) in [4.78, 5) is 24.4. The number of hydrazine groups is 1. The monoisotopic (exact) mass is 392 g/mol. The quantitative estimate of drug-likeness (QED) is 0.599. The van der Waals surface area contributed by atoms with Gasteiger partial charge in [-0.3, -0.25) is 20.4 Å². The van der Waals surface area contributed by atoms with Crippen molar-refractivity contribution in [2.45, 2.75) is 26.4 Å². The Balaban J connectivity index is 1.51. The second kappa shape index (κ2) is 9.59. The third-order valence-corrected chi connectivity index (χ3v) is 4.29. The molecule has 3 aromatic rings. The first-order valence-corrected chi connectivity index (χ1v) is 9.55. The van der Waals surface area contributed by atoms with Crippen molar-refractivity contribution in [1.29, 1.82) is 0 Å². The lowest BCUT2D eigenvalue weighted by atomic mass is 10.1. The lowest BCUT2D eigenvalue weighted by molar-refractivity contribution is -0.128. The zero-order valence-corrected chi connectivity index (χ0v) is 16.5. The van der Waals surface area contributed by atoms with Gasteiger partial charge in [0.05, 0.1) is 6.61 Å². The highest BCUT2D eigenvalue weighted by Gasteiger charge is 2.16. The molecule has 0 unspecified atom stereocenters. The molecule has 0 aliphatic heterocycles. The average molecular weight is 392 g/mol. The molecule has 150 valence electrons. The molecule has 2 N–H and O–H groups in total. The van der Waals surface area contributed by atoms with E-state index < -0.39 is 17.9 Å². The Kier molecular flexibility index (Phi) is 6.68. The molecule has 1 atom stereocenters. The molecule has 0 spiro atoms. The molecule has 0 aliphatic carbocycles. The second-order valence-electron chi connectivity index (χ2n) is 6.59. The van der Waals surface area contributed by atoms with Gasteiger partial charge in [-0.05, 0) is 60.5 Å². The van der Waals surface area contributed by atoms with Crippen LogP contribution in [0.3, 0.4) is 0 Å². The van der Waals surface area contributed by atoms with E-state index in [1.54, 1.807) is 31.2 Å². The van der Waals surface area contributed by atoms with Crippen LogP contribution in [0.1, 0.15) is 30.6 Å². The summed E-state index contributed by atoms with van der Waals surface area (Å²) < 4.78 is 11.2. The van der Waals surface area contributed by atoms with Crippen molar-refractivity contribution < 1.29 is 19.1 Å². The first kappa shape index (κ1) is 20.2. The molecule has 3 aromatic carbocycles. The van der Waals surface area contributed by atoms with Gasteiger partial charge < -0.3 is 9.47 Å². The molecule has 6 nitrogen and oxygen atoms in total. The smallest absolute Gasteiger partial charge is 0.279 e. The maximum atomic E-state index is 12.2. The minimum absolute atomic E-state index is 0.414. The van der Waals surface area contributed by atoms with Crippen molar-refractivity contribution in [1.82, 2.24) is 10.9 Å². The number of nitrogens with one attached hydrogen (secondary N) is 2. The summed E-state index contributed by atoms with van der Waals surface area (Å²) in [6.45, 7) is 4.27. The largest absolute Gasteiger partial charge is 0.494 e. The molecule has 0 aromatic heterocycles. The predicted molar refractivity (Wildman–Crippen MR) is 112 cm³/mol. The molecule has 0 fully saturated rings. The highest BCUT2D eigenvalue weighted by atomic mass is 16.5. The van der Waals surface area contributed by atoms with Crippen LogP contribution in [0.2, 0.25) is 0 Å². The first-order chi connectivity index (χ1) is 14.1. The topological polar surface area (TPSA) is 76.7 Å². The van der Waals surface area contributed by atoms with Gasteiger partial charge >= 0.3 is 0 Å². The van der Waals surface area contributed by atoms with Crippen molar-refractivity contribution in [3.63, 3.8) is 0 Å². The summed E-state index contributed by atoms with van der Waals surface area (Å²) >= 11 is 0. The minimum atomic E-state index is -0.777. The summed E-state index contributed by atoms with van der Waals surface area (Å²) in [5.41, 5.74) is 5.20. The van der Waals surface area contributed by atoms with E-state index in [1.807, 2.05) is 49.4 Å². The molecular weight excluding hydrogens is 368 g/mol. The highest BCUT2D eigenvalue weighted by molar-refractivity contribution is 5.95. The van der Waals surface area contributed by atoms with Crippen molar-refractivity contribution in [3.05, 3.63) is 72.3 Å². The van der Waals surface area contributed by atoms with Crippen LogP contribution in [-0.4, -0.2) is 24.5 Å². The third kappa shape index (κ3) is 5.48. The van der Waals surface area contributed by atoms with Crippen LogP contribution >= 0.6 is 0 Å². The first-order valence-electron chi connectivity index (χ1n) is 9.55. The maximum Gasteiger partial charge on any atom is 0.279 e. The maximum absolute atomic E-state index is 12.2. The van der Waals surface area contributed by atoms with E-state index in [9.17, 15) is 9.59 Å². The van der Waals surface area contributed by atoms with Gasteiger partial charge in [0.2, 0.25) is 0 Å². The predicted octanol–water partition coefficient (Wildman–Crippen LogP) is 3.86. The molecule has 0 saturated heterocycles. The Morgan fingerprint density at radius 1 is 0.897 bits per heavy atom. The number of rotatable bonds is 7. The fourth-order valence-corrected chi connectivity index (χ4v) is 2.71. The molecule has 0 bridgehead atoms. The van der Waals surface area contributed by atoms with Gasteiger partial charge in [0.1, 0.15) is 11.5 Å². The zero-order chi connectivity index (χ0) is 20.6. The van der Waals surface area contributed by atoms with Gasteiger partial charge in [-0.15, -0.1) is 0 Å². The number of hydrogen-bond acceptors (Lipinski definition) is 4. The van der Waals surface area contributed by atoms with Crippen molar-refractivity contribution in [3.8, 4) is 11.5 Å². The Morgan fingerprint density at radius 3 is 2.31 bits per heavy atom. The molecule has 0 radical (unpaired) electrons. The number of carbonyl (C=O) groups excluding carboxylic acids is 2. The third-order valence-electron chi connectivity index (χ3n) is 4.29. The lowest BCUT2D eigenvalue weighted by Gasteiger charge is -2.15. The molecule has 3 rings (SSSR count). The molecule has 0 aliphatic rings. The summed E-state index contributed by atoms with van der Waals surface area (Å²) in [6.07, 6.45) is 0.134. The normalized spacial score (nSPS) is 11.5. The standard InChI is InChI=1S/C23H24N2O4/c1-3-14-28-20-11-9-18(10-12-20)23(27)25-24-22(26)16(2)29-21-13-8-17-6-4-5-7-19(17)15-21/h4-13,15-16H,3,14H2,1-2H3,(H,24,26)(H,25,27)/t16-/m0/s1. The van der Waals surface area contributed by atoms with Gasteiger partial charge in [0.25, 0.3) is 11.8 Å². The molecule has 6 heteroatoms. The van der Waals surface area contributed by atoms with Crippen LogP contribution in [0, 0.1) is 0 Å². The van der Waals surface area contributed by atoms with E-state index in [4.69, 9.17) is 9.47 Å². The van der Waals surface area contributed by atoms with Crippen LogP contribution in [-0.2, 0) is 4.79 Å². The summed E-state index contributed by atoms with van der Waals surface area (Å²) in [6, 6.07) is 20.2. The van der Waals surface area contributed by atoms with Crippen LogP contribution in [0.5, 0.6) is 11.5 Å². The van der Waals surface area contributed by atoms with Gasteiger partial charge in [0.15, 0.2) is 6.10 Å². The van der Waals surface area contributed by atoms with E-state index in [0.29, 0.717) is 23.7 Å². The second-order valence-corrected chi connectivity index (χ2v) is 6.59. The SMILES string of the molecule is CCCOc1ccc(C(=O)NNC(=O)[C@H](C)Oc2ccc3ccccc3c2)cc1. The fraction of sp³-hybridized carbons (Fsp3) is 0.217. The Labute approximate surface area is 169 Å². The van der Waals surface area contributed by atoms with Crippen LogP contribution in [0.15, 0.2) is 66.7 Å². The molecule has 0 saturated carbocycles. The van der Waals surface area contributed by atoms with Crippen LogP contribution < -0.4 is 20.3 Å².